The van der Waals surface area contributed by atoms with Crippen molar-refractivity contribution in [2.45, 2.75) is 25.8 Å². The first-order valence-corrected chi connectivity index (χ1v) is 10.5. The number of hydrogen-bond acceptors (Lipinski definition) is 5. The normalized spacial score (nSPS) is 20.1. The molecule has 6 heteroatoms. The van der Waals surface area contributed by atoms with E-state index >= 15 is 0 Å². The number of piperazine rings is 1. The number of amides is 2. The molecule has 2 fully saturated rings. The second-order valence-electron chi connectivity index (χ2n) is 7.97. The van der Waals surface area contributed by atoms with E-state index in [1.54, 1.807) is 6.92 Å². The van der Waals surface area contributed by atoms with Gasteiger partial charge >= 0.3 is 0 Å². The van der Waals surface area contributed by atoms with Crippen LogP contribution in [0, 0.1) is 0 Å². The lowest BCUT2D eigenvalue weighted by atomic mass is 10.1. The third kappa shape index (κ3) is 4.28. The Kier molecular flexibility index (Phi) is 5.95. The highest BCUT2D eigenvalue weighted by Crippen LogP contribution is 2.23. The van der Waals surface area contributed by atoms with Gasteiger partial charge in [-0.1, -0.05) is 30.3 Å². The van der Waals surface area contributed by atoms with Gasteiger partial charge in [0.15, 0.2) is 5.78 Å². The lowest BCUT2D eigenvalue weighted by molar-refractivity contribution is -0.139. The van der Waals surface area contributed by atoms with Crippen LogP contribution in [0.2, 0.25) is 0 Å². The molecule has 0 saturated carbocycles. The summed E-state index contributed by atoms with van der Waals surface area (Å²) in [7, 11) is 0. The molecule has 0 radical (unpaired) electrons. The van der Waals surface area contributed by atoms with Crippen LogP contribution in [0.25, 0.3) is 0 Å². The van der Waals surface area contributed by atoms with E-state index < -0.39 is 0 Å². The molecule has 0 spiro atoms. The van der Waals surface area contributed by atoms with E-state index in [2.05, 4.69) is 9.80 Å². The molecule has 0 aliphatic carbocycles. The van der Waals surface area contributed by atoms with Gasteiger partial charge in [-0.05, 0) is 43.2 Å². The van der Waals surface area contributed by atoms with Crippen LogP contribution in [0.15, 0.2) is 54.6 Å². The van der Waals surface area contributed by atoms with Crippen molar-refractivity contribution < 1.29 is 14.4 Å². The minimum atomic E-state index is -0.337. The third-order valence-corrected chi connectivity index (χ3v) is 6.08. The first kappa shape index (κ1) is 20.3. The standard InChI is InChI=1S/C24H27N3O3/c1-18(28)20-7-9-21(10-8-20)25-13-15-26(16-14-25)22-17-23(29)27(24(22)30)12-11-19-5-3-2-4-6-19/h2-10,22H,11-17H2,1H3. The Morgan fingerprint density at radius 3 is 2.23 bits per heavy atom. The Balaban J connectivity index is 1.32. The van der Waals surface area contributed by atoms with E-state index in [0.717, 1.165) is 37.4 Å². The van der Waals surface area contributed by atoms with Gasteiger partial charge in [-0.2, -0.15) is 0 Å². The van der Waals surface area contributed by atoms with E-state index in [1.165, 1.54) is 4.90 Å². The van der Waals surface area contributed by atoms with E-state index in [9.17, 15) is 14.4 Å². The van der Waals surface area contributed by atoms with E-state index in [1.807, 2.05) is 54.6 Å². The van der Waals surface area contributed by atoms with Crippen LogP contribution < -0.4 is 4.90 Å². The quantitative estimate of drug-likeness (QED) is 0.546. The van der Waals surface area contributed by atoms with Gasteiger partial charge < -0.3 is 4.90 Å². The summed E-state index contributed by atoms with van der Waals surface area (Å²) in [4.78, 5) is 42.7. The van der Waals surface area contributed by atoms with Gasteiger partial charge in [0.2, 0.25) is 11.8 Å². The molecule has 1 unspecified atom stereocenters. The number of ketones is 1. The largest absolute Gasteiger partial charge is 0.369 e. The molecule has 2 aromatic carbocycles. The summed E-state index contributed by atoms with van der Waals surface area (Å²) in [5.41, 5.74) is 2.92. The summed E-state index contributed by atoms with van der Waals surface area (Å²) in [6.45, 7) is 5.08. The van der Waals surface area contributed by atoms with E-state index in [-0.39, 0.29) is 30.1 Å². The predicted molar refractivity (Wildman–Crippen MR) is 116 cm³/mol. The first-order valence-electron chi connectivity index (χ1n) is 10.5. The summed E-state index contributed by atoms with van der Waals surface area (Å²) in [6, 6.07) is 17.3. The Labute approximate surface area is 177 Å². The van der Waals surface area contributed by atoms with Crippen molar-refractivity contribution in [2.75, 3.05) is 37.6 Å². The molecule has 30 heavy (non-hydrogen) atoms. The minimum absolute atomic E-state index is 0.0600. The van der Waals surface area contributed by atoms with Crippen LogP contribution in [0.3, 0.4) is 0 Å². The smallest absolute Gasteiger partial charge is 0.247 e. The van der Waals surface area contributed by atoms with Crippen molar-refractivity contribution in [2.24, 2.45) is 0 Å². The maximum absolute atomic E-state index is 12.9. The van der Waals surface area contributed by atoms with Crippen LogP contribution in [0.4, 0.5) is 5.69 Å². The first-order chi connectivity index (χ1) is 14.5. The van der Waals surface area contributed by atoms with E-state index in [4.69, 9.17) is 0 Å². The minimum Gasteiger partial charge on any atom is -0.369 e. The number of hydrogen-bond donors (Lipinski definition) is 0. The van der Waals surface area contributed by atoms with Crippen molar-refractivity contribution in [1.82, 2.24) is 9.80 Å². The molecule has 2 aromatic rings. The van der Waals surface area contributed by atoms with Gasteiger partial charge in [-0.3, -0.25) is 24.2 Å². The van der Waals surface area contributed by atoms with Crippen LogP contribution >= 0.6 is 0 Å². The maximum atomic E-state index is 12.9. The van der Waals surface area contributed by atoms with Crippen LogP contribution in [-0.2, 0) is 16.0 Å². The zero-order valence-electron chi connectivity index (χ0n) is 17.3. The molecule has 0 bridgehead atoms. The Morgan fingerprint density at radius 1 is 0.933 bits per heavy atom. The Hall–Kier alpha value is -2.99. The highest BCUT2D eigenvalue weighted by Gasteiger charge is 2.42. The predicted octanol–water partition coefficient (Wildman–Crippen LogP) is 2.38. The van der Waals surface area contributed by atoms with E-state index in [0.29, 0.717) is 18.5 Å². The van der Waals surface area contributed by atoms with Gasteiger partial charge in [-0.15, -0.1) is 0 Å². The highest BCUT2D eigenvalue weighted by molar-refractivity contribution is 6.05. The molecule has 4 rings (SSSR count). The van der Waals surface area contributed by atoms with Crippen molar-refractivity contribution in [3.63, 3.8) is 0 Å². The Morgan fingerprint density at radius 2 is 1.60 bits per heavy atom. The molecular formula is C24H27N3O3. The number of carbonyl (C=O) groups excluding carboxylic acids is 3. The second-order valence-corrected chi connectivity index (χ2v) is 7.97. The van der Waals surface area contributed by atoms with Crippen LogP contribution in [-0.4, -0.2) is 66.2 Å². The van der Waals surface area contributed by atoms with Crippen molar-refractivity contribution in [1.29, 1.82) is 0 Å². The van der Waals surface area contributed by atoms with Crippen molar-refractivity contribution in [3.05, 3.63) is 65.7 Å². The summed E-state index contributed by atoms with van der Waals surface area (Å²) in [5, 5.41) is 0. The number of Topliss-reactive ketones (excluding diaryl/α,β-unsaturated/α-hetero) is 1. The molecular weight excluding hydrogens is 378 g/mol. The fourth-order valence-electron chi connectivity index (χ4n) is 4.27. The van der Waals surface area contributed by atoms with Gasteiger partial charge in [0.1, 0.15) is 0 Å². The highest BCUT2D eigenvalue weighted by atomic mass is 16.2. The summed E-state index contributed by atoms with van der Waals surface area (Å²) in [5.74, 6) is -0.0639. The maximum Gasteiger partial charge on any atom is 0.247 e. The second kappa shape index (κ2) is 8.79. The number of imide groups is 1. The number of benzene rings is 2. The molecule has 2 aliphatic heterocycles. The number of likely N-dealkylation sites (tertiary alicyclic amines) is 1. The van der Waals surface area contributed by atoms with Crippen molar-refractivity contribution >= 4 is 23.3 Å². The summed E-state index contributed by atoms with van der Waals surface area (Å²) in [6.07, 6.45) is 0.968. The monoisotopic (exact) mass is 405 g/mol. The van der Waals surface area contributed by atoms with Crippen molar-refractivity contribution in [3.8, 4) is 0 Å². The third-order valence-electron chi connectivity index (χ3n) is 6.08. The fraction of sp³-hybridized carbons (Fsp3) is 0.375. The molecule has 156 valence electrons. The van der Waals surface area contributed by atoms with Gasteiger partial charge in [0.05, 0.1) is 12.5 Å². The molecule has 0 N–H and O–H groups in total. The fourth-order valence-corrected chi connectivity index (χ4v) is 4.27. The average molecular weight is 405 g/mol. The van der Waals surface area contributed by atoms with Gasteiger partial charge in [0.25, 0.3) is 0 Å². The van der Waals surface area contributed by atoms with Gasteiger partial charge in [0, 0.05) is 44.0 Å². The number of anilines is 1. The summed E-state index contributed by atoms with van der Waals surface area (Å²) >= 11 is 0. The number of nitrogens with zero attached hydrogens (tertiary/aromatic N) is 3. The molecule has 2 heterocycles. The summed E-state index contributed by atoms with van der Waals surface area (Å²) < 4.78 is 0. The topological polar surface area (TPSA) is 60.9 Å². The zero-order valence-corrected chi connectivity index (χ0v) is 17.3. The van der Waals surface area contributed by atoms with Gasteiger partial charge in [-0.25, -0.2) is 0 Å². The Bertz CT molecular complexity index is 918. The molecule has 0 aromatic heterocycles. The lowest BCUT2D eigenvalue weighted by Gasteiger charge is -2.38. The molecule has 6 nitrogen and oxygen atoms in total. The van der Waals surface area contributed by atoms with Crippen LogP contribution in [0.5, 0.6) is 0 Å². The average Bonchev–Trinajstić information content (AvgIpc) is 3.06. The molecule has 1 atom stereocenters. The number of carbonyl (C=O) groups is 3. The van der Waals surface area contributed by atoms with Crippen LogP contribution in [0.1, 0.15) is 29.3 Å². The SMILES string of the molecule is CC(=O)c1ccc(N2CCN(C3CC(=O)N(CCc4ccccc4)C3=O)CC2)cc1. The molecule has 2 aliphatic rings. The zero-order chi connectivity index (χ0) is 21.1. The number of rotatable bonds is 6. The molecule has 2 saturated heterocycles. The lowest BCUT2D eigenvalue weighted by Crippen LogP contribution is -2.52. The molecule has 2 amide bonds.